The Hall–Kier alpha value is -1.58. The zero-order valence-electron chi connectivity index (χ0n) is 9.19. The highest BCUT2D eigenvalue weighted by molar-refractivity contribution is 5.76. The lowest BCUT2D eigenvalue weighted by molar-refractivity contribution is -0.137. The van der Waals surface area contributed by atoms with Gasteiger partial charge in [-0.2, -0.15) is 0 Å². The Morgan fingerprint density at radius 2 is 2.13 bits per heavy atom. The number of carboxylic acids is 1. The van der Waals surface area contributed by atoms with Gasteiger partial charge in [0.1, 0.15) is 6.04 Å². The van der Waals surface area contributed by atoms with Crippen molar-refractivity contribution in [1.82, 2.24) is 4.98 Å². The van der Waals surface area contributed by atoms with E-state index < -0.39 is 12.0 Å². The number of carbonyl (C=O) groups is 1. The number of hydrogen-bond donors (Lipinski definition) is 2. The maximum absolute atomic E-state index is 10.6. The summed E-state index contributed by atoms with van der Waals surface area (Å²) in [7, 11) is 0. The molecule has 0 aliphatic carbocycles. The normalized spacial score (nSPS) is 12.5. The van der Waals surface area contributed by atoms with Crippen LogP contribution >= 0.6 is 0 Å². The zero-order valence-corrected chi connectivity index (χ0v) is 9.19. The standard InChI is InChI=1S/C11H16N2O2/c1-7(2)10-6-9(4-5-12-10)13-8(3)11(14)15/h4-8H,1-3H3,(H,12,13)(H,14,15). The van der Waals surface area contributed by atoms with Crippen molar-refractivity contribution in [2.24, 2.45) is 0 Å². The molecule has 0 spiro atoms. The van der Waals surface area contributed by atoms with E-state index in [-0.39, 0.29) is 0 Å². The number of anilines is 1. The van der Waals surface area contributed by atoms with Crippen LogP contribution in [-0.4, -0.2) is 22.1 Å². The Balaban J connectivity index is 2.78. The SMILES string of the molecule is CC(Nc1ccnc(C(C)C)c1)C(=O)O. The van der Waals surface area contributed by atoms with Crippen molar-refractivity contribution in [3.63, 3.8) is 0 Å². The lowest BCUT2D eigenvalue weighted by Gasteiger charge is -2.12. The number of nitrogens with zero attached hydrogens (tertiary/aromatic N) is 1. The third-order valence-corrected chi connectivity index (χ3v) is 2.13. The van der Waals surface area contributed by atoms with E-state index in [2.05, 4.69) is 10.3 Å². The Kier molecular flexibility index (Phi) is 3.66. The lowest BCUT2D eigenvalue weighted by atomic mass is 10.1. The molecule has 1 unspecified atom stereocenters. The molecule has 1 rings (SSSR count). The summed E-state index contributed by atoms with van der Waals surface area (Å²) in [6, 6.07) is 3.06. The smallest absolute Gasteiger partial charge is 0.325 e. The average molecular weight is 208 g/mol. The van der Waals surface area contributed by atoms with Crippen molar-refractivity contribution in [2.75, 3.05) is 5.32 Å². The molecule has 4 nitrogen and oxygen atoms in total. The third-order valence-electron chi connectivity index (χ3n) is 2.13. The highest BCUT2D eigenvalue weighted by Gasteiger charge is 2.10. The van der Waals surface area contributed by atoms with Gasteiger partial charge in [0.25, 0.3) is 0 Å². The van der Waals surface area contributed by atoms with E-state index in [1.807, 2.05) is 19.9 Å². The number of pyridine rings is 1. The van der Waals surface area contributed by atoms with Gasteiger partial charge in [-0.05, 0) is 25.0 Å². The van der Waals surface area contributed by atoms with E-state index in [0.717, 1.165) is 11.4 Å². The van der Waals surface area contributed by atoms with Crippen LogP contribution in [0.5, 0.6) is 0 Å². The van der Waals surface area contributed by atoms with Crippen LogP contribution in [0.2, 0.25) is 0 Å². The molecule has 0 amide bonds. The van der Waals surface area contributed by atoms with Crippen LogP contribution in [0.25, 0.3) is 0 Å². The van der Waals surface area contributed by atoms with Crippen LogP contribution in [-0.2, 0) is 4.79 Å². The topological polar surface area (TPSA) is 62.2 Å². The van der Waals surface area contributed by atoms with Crippen molar-refractivity contribution in [2.45, 2.75) is 32.7 Å². The maximum Gasteiger partial charge on any atom is 0.325 e. The van der Waals surface area contributed by atoms with Gasteiger partial charge < -0.3 is 10.4 Å². The number of aromatic nitrogens is 1. The Labute approximate surface area is 89.3 Å². The van der Waals surface area contributed by atoms with Crippen LogP contribution in [0, 0.1) is 0 Å². The summed E-state index contributed by atoms with van der Waals surface area (Å²) in [4.78, 5) is 14.8. The predicted molar refractivity (Wildman–Crippen MR) is 59.0 cm³/mol. The van der Waals surface area contributed by atoms with Gasteiger partial charge in [0.05, 0.1) is 0 Å². The summed E-state index contributed by atoms with van der Waals surface area (Å²) < 4.78 is 0. The summed E-state index contributed by atoms with van der Waals surface area (Å²) in [5, 5.41) is 11.6. The summed E-state index contributed by atoms with van der Waals surface area (Å²) in [5.74, 6) is -0.523. The molecule has 15 heavy (non-hydrogen) atoms. The van der Waals surface area contributed by atoms with E-state index in [1.165, 1.54) is 0 Å². The minimum absolute atomic E-state index is 0.340. The van der Waals surface area contributed by atoms with Gasteiger partial charge in [-0.25, -0.2) is 0 Å². The summed E-state index contributed by atoms with van der Waals surface area (Å²) >= 11 is 0. The number of rotatable bonds is 4. The lowest BCUT2D eigenvalue weighted by Crippen LogP contribution is -2.25. The number of nitrogens with one attached hydrogen (secondary N) is 1. The fraction of sp³-hybridized carbons (Fsp3) is 0.455. The van der Waals surface area contributed by atoms with Crippen LogP contribution in [0.3, 0.4) is 0 Å². The molecule has 1 heterocycles. The minimum Gasteiger partial charge on any atom is -0.480 e. The van der Waals surface area contributed by atoms with Crippen molar-refractivity contribution < 1.29 is 9.90 Å². The fourth-order valence-electron chi connectivity index (χ4n) is 1.17. The second kappa shape index (κ2) is 4.77. The molecule has 0 saturated heterocycles. The second-order valence-corrected chi connectivity index (χ2v) is 3.83. The number of aliphatic carboxylic acids is 1. The van der Waals surface area contributed by atoms with E-state index in [1.54, 1.807) is 19.2 Å². The number of hydrogen-bond acceptors (Lipinski definition) is 3. The Bertz CT molecular complexity index is 350. The maximum atomic E-state index is 10.6. The van der Waals surface area contributed by atoms with Gasteiger partial charge in [-0.15, -0.1) is 0 Å². The van der Waals surface area contributed by atoms with E-state index >= 15 is 0 Å². The molecule has 1 aromatic rings. The van der Waals surface area contributed by atoms with E-state index in [4.69, 9.17) is 5.11 Å². The van der Waals surface area contributed by atoms with Gasteiger partial charge in [-0.1, -0.05) is 13.8 Å². The summed E-state index contributed by atoms with van der Waals surface area (Å²) in [6.07, 6.45) is 1.69. The first-order valence-corrected chi connectivity index (χ1v) is 4.96. The molecule has 0 aliphatic rings. The van der Waals surface area contributed by atoms with Crippen LogP contribution < -0.4 is 5.32 Å². The minimum atomic E-state index is -0.863. The second-order valence-electron chi connectivity index (χ2n) is 3.83. The van der Waals surface area contributed by atoms with Gasteiger partial charge in [-0.3, -0.25) is 9.78 Å². The molecule has 0 bridgehead atoms. The molecular weight excluding hydrogens is 192 g/mol. The molecule has 4 heteroatoms. The zero-order chi connectivity index (χ0) is 11.4. The highest BCUT2D eigenvalue weighted by Crippen LogP contribution is 2.16. The first-order valence-electron chi connectivity index (χ1n) is 4.96. The Morgan fingerprint density at radius 1 is 1.47 bits per heavy atom. The van der Waals surface area contributed by atoms with Crippen molar-refractivity contribution >= 4 is 11.7 Å². The third kappa shape index (κ3) is 3.23. The first kappa shape index (κ1) is 11.5. The molecule has 0 saturated carbocycles. The molecule has 0 aliphatic heterocycles. The molecule has 0 aromatic carbocycles. The largest absolute Gasteiger partial charge is 0.480 e. The number of carboxylic acid groups (broad SMARTS) is 1. The fourth-order valence-corrected chi connectivity index (χ4v) is 1.17. The predicted octanol–water partition coefficient (Wildman–Crippen LogP) is 2.09. The molecule has 2 N–H and O–H groups in total. The van der Waals surface area contributed by atoms with Crippen molar-refractivity contribution in [3.05, 3.63) is 24.0 Å². The first-order chi connectivity index (χ1) is 7.00. The monoisotopic (exact) mass is 208 g/mol. The molecule has 1 aromatic heterocycles. The molecule has 0 radical (unpaired) electrons. The van der Waals surface area contributed by atoms with Crippen LogP contribution in [0.4, 0.5) is 5.69 Å². The van der Waals surface area contributed by atoms with Gasteiger partial charge in [0, 0.05) is 17.6 Å². The average Bonchev–Trinajstić information content (AvgIpc) is 2.18. The van der Waals surface area contributed by atoms with Gasteiger partial charge in [0.15, 0.2) is 0 Å². The van der Waals surface area contributed by atoms with E-state index in [9.17, 15) is 4.79 Å². The van der Waals surface area contributed by atoms with Gasteiger partial charge in [0.2, 0.25) is 0 Å². The quantitative estimate of drug-likeness (QED) is 0.795. The molecule has 82 valence electrons. The van der Waals surface area contributed by atoms with E-state index in [0.29, 0.717) is 5.92 Å². The van der Waals surface area contributed by atoms with Gasteiger partial charge >= 0.3 is 5.97 Å². The van der Waals surface area contributed by atoms with Crippen LogP contribution in [0.1, 0.15) is 32.4 Å². The van der Waals surface area contributed by atoms with Crippen molar-refractivity contribution in [1.29, 1.82) is 0 Å². The molecule has 0 fully saturated rings. The molecule has 1 atom stereocenters. The van der Waals surface area contributed by atoms with Crippen molar-refractivity contribution in [3.8, 4) is 0 Å². The highest BCUT2D eigenvalue weighted by atomic mass is 16.4. The summed E-state index contributed by atoms with van der Waals surface area (Å²) in [5.41, 5.74) is 1.75. The summed E-state index contributed by atoms with van der Waals surface area (Å²) in [6.45, 7) is 5.71. The van der Waals surface area contributed by atoms with Crippen LogP contribution in [0.15, 0.2) is 18.3 Å². The molecular formula is C11H16N2O2. The Morgan fingerprint density at radius 3 is 2.67 bits per heavy atom.